The molecule has 0 atom stereocenters. The number of aliphatic carboxylic acids is 1. The van der Waals surface area contributed by atoms with Gasteiger partial charge in [-0.1, -0.05) is 48.0 Å². The molecule has 2 aromatic carbocycles. The molecule has 12 heteroatoms. The van der Waals surface area contributed by atoms with Crippen molar-refractivity contribution in [3.05, 3.63) is 118 Å². The van der Waals surface area contributed by atoms with E-state index in [0.29, 0.717) is 11.3 Å². The van der Waals surface area contributed by atoms with E-state index in [9.17, 15) is 18.5 Å². The van der Waals surface area contributed by atoms with Gasteiger partial charge in [-0.2, -0.15) is 0 Å². The molecule has 2 aromatic heterocycles. The maximum absolute atomic E-state index is 12.6. The average Bonchev–Trinajstić information content (AvgIpc) is 2.86. The van der Waals surface area contributed by atoms with Gasteiger partial charge in [0.1, 0.15) is 16.2 Å². The van der Waals surface area contributed by atoms with Crippen molar-refractivity contribution >= 4 is 27.4 Å². The van der Waals surface area contributed by atoms with Crippen molar-refractivity contribution < 1.29 is 43.7 Å². The van der Waals surface area contributed by atoms with Gasteiger partial charge in [-0.3, -0.25) is 19.9 Å². The summed E-state index contributed by atoms with van der Waals surface area (Å²) >= 11 is 0. The Hall–Kier alpha value is -3.98. The molecule has 0 spiro atoms. The van der Waals surface area contributed by atoms with Gasteiger partial charge in [-0.05, 0) is 42.8 Å². The summed E-state index contributed by atoms with van der Waals surface area (Å²) in [6.45, 7) is 2.95. The van der Waals surface area contributed by atoms with Crippen molar-refractivity contribution in [1.29, 1.82) is 0 Å². The summed E-state index contributed by atoms with van der Waals surface area (Å²) in [6, 6.07) is 21.5. The molecule has 0 saturated heterocycles. The van der Waals surface area contributed by atoms with Crippen molar-refractivity contribution in [3.8, 4) is 11.3 Å². The maximum Gasteiger partial charge on any atom is 0.300 e. The second-order valence-corrected chi connectivity index (χ2v) is 8.70. The average molecular weight is 614 g/mol. The Morgan fingerprint density at radius 3 is 2.00 bits per heavy atom. The fourth-order valence-corrected chi connectivity index (χ4v) is 3.63. The van der Waals surface area contributed by atoms with E-state index < -0.39 is 20.9 Å². The molecule has 0 radical (unpaired) electrons. The zero-order chi connectivity index (χ0) is 26.6. The Bertz CT molecular complexity index is 1350. The number of rotatable bonds is 5. The Labute approximate surface area is 228 Å². The topological polar surface area (TPSA) is 154 Å². The summed E-state index contributed by atoms with van der Waals surface area (Å²) in [7, 11) is -3.89. The van der Waals surface area contributed by atoms with Crippen LogP contribution in [-0.4, -0.2) is 34.4 Å². The van der Waals surface area contributed by atoms with Crippen molar-refractivity contribution in [2.45, 2.75) is 18.7 Å². The Kier molecular flexibility index (Phi) is 12.8. The molecule has 1 N–H and O–H groups in total. The van der Waals surface area contributed by atoms with E-state index in [2.05, 4.69) is 14.7 Å². The molecule has 0 aliphatic carbocycles. The van der Waals surface area contributed by atoms with E-state index in [1.807, 2.05) is 25.1 Å². The number of nitro groups is 1. The quantitative estimate of drug-likeness (QED) is 0.175. The van der Waals surface area contributed by atoms with Crippen LogP contribution in [0, 0.1) is 17.0 Å². The number of hydrogen-bond acceptors (Lipinski definition) is 7. The number of aryl methyl sites for hydroxylation is 1. The first-order valence-electron chi connectivity index (χ1n) is 10.4. The Balaban J connectivity index is 0.000000524. The fourth-order valence-electron chi connectivity index (χ4n) is 2.63. The predicted octanol–water partition coefficient (Wildman–Crippen LogP) is 5.53. The number of sulfonamides is 1. The normalized spacial score (nSPS) is 9.78. The fraction of sp³-hybridized carbons (Fsp3) is 0.0800. The minimum atomic E-state index is -3.89. The molecule has 0 aliphatic rings. The zero-order valence-electron chi connectivity index (χ0n) is 19.7. The zero-order valence-corrected chi connectivity index (χ0v) is 22.1. The number of nitrogens with zero attached hydrogens (tertiary/aromatic N) is 4. The van der Waals surface area contributed by atoms with E-state index in [1.54, 1.807) is 48.8 Å². The molecule has 4 rings (SSSR count). The number of aromatic nitrogens is 2. The van der Waals surface area contributed by atoms with Gasteiger partial charge in [0, 0.05) is 45.8 Å². The van der Waals surface area contributed by atoms with Gasteiger partial charge < -0.3 is 9.83 Å². The molecule has 0 unspecified atom stereocenters. The van der Waals surface area contributed by atoms with Gasteiger partial charge in [0.2, 0.25) is 0 Å². The number of benzene rings is 2. The second kappa shape index (κ2) is 15.2. The standard InChI is InChI=1S/C18H14N3O4S.C5H5N.C2H4O2.Pd/c1-13-6-9-15(10-7-13)26(24,25)20-18-5-3-2-4-16(18)17-11-8-14(12-19-17)21(22)23;1-2-4-6-5-3-1;1-2(3)4;/h2-12H,1H3;1-5H;1H3,(H,3,4);/q-1;;;. The summed E-state index contributed by atoms with van der Waals surface area (Å²) in [5, 5.41) is 18.2. The summed E-state index contributed by atoms with van der Waals surface area (Å²) < 4.78 is 29.1. The molecule has 0 saturated carbocycles. The predicted molar refractivity (Wildman–Crippen MR) is 135 cm³/mol. The van der Waals surface area contributed by atoms with E-state index in [0.717, 1.165) is 18.7 Å². The van der Waals surface area contributed by atoms with Gasteiger partial charge in [-0.25, -0.2) is 13.4 Å². The minimum absolute atomic E-state index is 0. The molecule has 4 aromatic rings. The van der Waals surface area contributed by atoms with Crippen LogP contribution in [0.1, 0.15) is 12.5 Å². The number of carboxylic acid groups (broad SMARTS) is 1. The molecule has 196 valence electrons. The minimum Gasteiger partial charge on any atom is -0.572 e. The van der Waals surface area contributed by atoms with Crippen molar-refractivity contribution in [2.75, 3.05) is 0 Å². The molecule has 2 heterocycles. The van der Waals surface area contributed by atoms with E-state index in [-0.39, 0.29) is 36.7 Å². The van der Waals surface area contributed by atoms with Crippen LogP contribution >= 0.6 is 0 Å². The van der Waals surface area contributed by atoms with Crippen LogP contribution in [0.25, 0.3) is 16.0 Å². The second-order valence-electron chi connectivity index (χ2n) is 7.10. The van der Waals surface area contributed by atoms with Crippen molar-refractivity contribution in [3.63, 3.8) is 0 Å². The van der Waals surface area contributed by atoms with Crippen LogP contribution in [0.15, 0.2) is 102 Å². The van der Waals surface area contributed by atoms with Gasteiger partial charge >= 0.3 is 0 Å². The summed E-state index contributed by atoms with van der Waals surface area (Å²) in [5.74, 6) is -0.833. The summed E-state index contributed by atoms with van der Waals surface area (Å²) in [5.41, 5.74) is 1.89. The van der Waals surface area contributed by atoms with Crippen LogP contribution in [0.5, 0.6) is 0 Å². The molecule has 0 fully saturated rings. The largest absolute Gasteiger partial charge is 0.572 e. The molecule has 0 aliphatic heterocycles. The summed E-state index contributed by atoms with van der Waals surface area (Å²) in [6.07, 6.45) is 4.63. The van der Waals surface area contributed by atoms with Crippen LogP contribution in [-0.2, 0) is 35.2 Å². The molecule has 10 nitrogen and oxygen atoms in total. The Morgan fingerprint density at radius 2 is 1.54 bits per heavy atom. The van der Waals surface area contributed by atoms with Crippen molar-refractivity contribution in [2.24, 2.45) is 0 Å². The number of carbonyl (C=O) groups is 1. The molecular formula is C25H23N4O6PdS-. The third-order valence-electron chi connectivity index (χ3n) is 4.24. The molecule has 37 heavy (non-hydrogen) atoms. The van der Waals surface area contributed by atoms with Crippen LogP contribution in [0.4, 0.5) is 11.4 Å². The molecule has 0 amide bonds. The number of hydrogen-bond donors (Lipinski definition) is 1. The van der Waals surface area contributed by atoms with E-state index >= 15 is 0 Å². The Morgan fingerprint density at radius 1 is 0.946 bits per heavy atom. The number of carboxylic acids is 1. The molecular weight excluding hydrogens is 591 g/mol. The van der Waals surface area contributed by atoms with Crippen LogP contribution in [0.3, 0.4) is 0 Å². The third kappa shape index (κ3) is 10.7. The van der Waals surface area contributed by atoms with E-state index in [4.69, 9.17) is 9.90 Å². The monoisotopic (exact) mass is 613 g/mol. The smallest absolute Gasteiger partial charge is 0.300 e. The van der Waals surface area contributed by atoms with Gasteiger partial charge in [0.05, 0.1) is 15.5 Å². The maximum atomic E-state index is 12.6. The van der Waals surface area contributed by atoms with Crippen LogP contribution < -0.4 is 0 Å². The molecule has 0 bridgehead atoms. The van der Waals surface area contributed by atoms with E-state index in [1.165, 1.54) is 24.3 Å². The summed E-state index contributed by atoms with van der Waals surface area (Å²) in [4.78, 5) is 27.1. The first-order chi connectivity index (χ1) is 17.1. The first-order valence-corrected chi connectivity index (χ1v) is 11.8. The van der Waals surface area contributed by atoms with Gasteiger partial charge in [-0.15, -0.1) is 5.69 Å². The van der Waals surface area contributed by atoms with Crippen LogP contribution in [0.2, 0.25) is 0 Å². The first kappa shape index (κ1) is 31.1. The SMILES string of the molecule is CC(=O)O.Cc1ccc(S(=O)(=O)[N-]c2ccccc2-c2ccc([N+](=O)[O-])cn2)cc1.[Pd].c1ccncc1. The van der Waals surface area contributed by atoms with Gasteiger partial charge in [0.15, 0.2) is 0 Å². The number of pyridine rings is 2. The van der Waals surface area contributed by atoms with Crippen molar-refractivity contribution in [1.82, 2.24) is 9.97 Å². The van der Waals surface area contributed by atoms with Gasteiger partial charge in [0.25, 0.3) is 11.7 Å². The third-order valence-corrected chi connectivity index (χ3v) is 5.55.